The largest absolute Gasteiger partial charge is 0.497 e. The van der Waals surface area contributed by atoms with Crippen LogP contribution in [-0.2, 0) is 5.54 Å². The van der Waals surface area contributed by atoms with Gasteiger partial charge < -0.3 is 10.1 Å². The third-order valence-electron chi connectivity index (χ3n) is 3.34. The molecule has 2 rings (SSSR count). The van der Waals surface area contributed by atoms with E-state index in [9.17, 15) is 4.79 Å². The number of methoxy groups -OCH3 is 1. The van der Waals surface area contributed by atoms with Crippen LogP contribution in [0.3, 0.4) is 0 Å². The number of hydrogen-bond donors (Lipinski definition) is 1. The smallest absolute Gasteiger partial charge is 0.251 e. The van der Waals surface area contributed by atoms with E-state index in [0.717, 1.165) is 15.8 Å². The molecule has 0 aliphatic carbocycles. The van der Waals surface area contributed by atoms with E-state index in [-0.39, 0.29) is 5.91 Å². The quantitative estimate of drug-likeness (QED) is 0.903. The third kappa shape index (κ3) is 3.85. The van der Waals surface area contributed by atoms with Crippen molar-refractivity contribution in [3.8, 4) is 5.75 Å². The molecule has 0 radical (unpaired) electrons. The number of rotatable bonds is 4. The monoisotopic (exact) mass is 347 g/mol. The Kier molecular flexibility index (Phi) is 4.68. The Morgan fingerprint density at radius 2 is 1.62 bits per heavy atom. The molecule has 0 spiro atoms. The second kappa shape index (κ2) is 6.31. The van der Waals surface area contributed by atoms with Crippen molar-refractivity contribution in [2.45, 2.75) is 19.4 Å². The number of carbonyl (C=O) groups is 1. The summed E-state index contributed by atoms with van der Waals surface area (Å²) in [5.74, 6) is 0.706. The van der Waals surface area contributed by atoms with Gasteiger partial charge in [-0.05, 0) is 55.8 Å². The number of amides is 1. The highest BCUT2D eigenvalue weighted by Gasteiger charge is 2.23. The molecule has 2 aromatic rings. The van der Waals surface area contributed by atoms with Gasteiger partial charge in [-0.15, -0.1) is 0 Å². The molecular formula is C17H18BrNO2. The van der Waals surface area contributed by atoms with Crippen LogP contribution in [0.2, 0.25) is 0 Å². The fraction of sp³-hybridized carbons (Fsp3) is 0.235. The van der Waals surface area contributed by atoms with Gasteiger partial charge in [0, 0.05) is 10.0 Å². The summed E-state index contributed by atoms with van der Waals surface area (Å²) in [6.45, 7) is 3.96. The topological polar surface area (TPSA) is 38.3 Å². The van der Waals surface area contributed by atoms with Crippen molar-refractivity contribution < 1.29 is 9.53 Å². The summed E-state index contributed by atoms with van der Waals surface area (Å²) in [7, 11) is 1.63. The molecule has 0 fully saturated rings. The van der Waals surface area contributed by atoms with E-state index in [1.807, 2.05) is 50.2 Å². The van der Waals surface area contributed by atoms with Crippen molar-refractivity contribution >= 4 is 21.8 Å². The molecule has 110 valence electrons. The standard InChI is InChI=1S/C17H18BrNO2/c1-17(2,13-6-10-15(21-3)11-7-13)19-16(20)12-4-8-14(18)9-5-12/h4-11H,1-3H3,(H,19,20). The first-order valence-corrected chi connectivity index (χ1v) is 7.44. The van der Waals surface area contributed by atoms with Crippen LogP contribution >= 0.6 is 15.9 Å². The first-order valence-electron chi connectivity index (χ1n) is 6.65. The molecule has 0 saturated heterocycles. The lowest BCUT2D eigenvalue weighted by atomic mass is 9.93. The highest BCUT2D eigenvalue weighted by molar-refractivity contribution is 9.10. The fourth-order valence-corrected chi connectivity index (χ4v) is 2.30. The lowest BCUT2D eigenvalue weighted by Crippen LogP contribution is -2.40. The van der Waals surface area contributed by atoms with Crippen LogP contribution in [0.4, 0.5) is 0 Å². The predicted octanol–water partition coefficient (Wildman–Crippen LogP) is 4.12. The van der Waals surface area contributed by atoms with E-state index in [1.54, 1.807) is 19.2 Å². The zero-order chi connectivity index (χ0) is 15.5. The van der Waals surface area contributed by atoms with E-state index >= 15 is 0 Å². The Labute approximate surface area is 133 Å². The maximum absolute atomic E-state index is 12.3. The molecule has 3 nitrogen and oxygen atoms in total. The van der Waals surface area contributed by atoms with Gasteiger partial charge in [0.2, 0.25) is 0 Å². The van der Waals surface area contributed by atoms with Crippen molar-refractivity contribution in [3.05, 3.63) is 64.1 Å². The van der Waals surface area contributed by atoms with E-state index in [2.05, 4.69) is 21.2 Å². The fourth-order valence-electron chi connectivity index (χ4n) is 2.04. The molecule has 0 aromatic heterocycles. The first kappa shape index (κ1) is 15.6. The molecule has 0 unspecified atom stereocenters. The molecule has 0 heterocycles. The molecule has 1 N–H and O–H groups in total. The summed E-state index contributed by atoms with van der Waals surface area (Å²) >= 11 is 3.36. The van der Waals surface area contributed by atoms with Crippen molar-refractivity contribution in [2.75, 3.05) is 7.11 Å². The van der Waals surface area contributed by atoms with Crippen molar-refractivity contribution in [1.29, 1.82) is 0 Å². The van der Waals surface area contributed by atoms with Crippen molar-refractivity contribution in [2.24, 2.45) is 0 Å². The summed E-state index contributed by atoms with van der Waals surface area (Å²) in [4.78, 5) is 12.3. The van der Waals surface area contributed by atoms with E-state index < -0.39 is 5.54 Å². The lowest BCUT2D eigenvalue weighted by Gasteiger charge is -2.27. The van der Waals surface area contributed by atoms with Gasteiger partial charge in [0.25, 0.3) is 5.91 Å². The Bertz CT molecular complexity index is 618. The number of benzene rings is 2. The minimum absolute atomic E-state index is 0.0941. The molecule has 0 saturated carbocycles. The summed E-state index contributed by atoms with van der Waals surface area (Å²) in [5.41, 5.74) is 1.20. The van der Waals surface area contributed by atoms with Crippen LogP contribution in [-0.4, -0.2) is 13.0 Å². The molecule has 0 atom stereocenters. The maximum atomic E-state index is 12.3. The van der Waals surface area contributed by atoms with Crippen LogP contribution in [0.5, 0.6) is 5.75 Å². The van der Waals surface area contributed by atoms with Crippen LogP contribution in [0, 0.1) is 0 Å². The molecule has 4 heteroatoms. The molecule has 0 aliphatic rings. The van der Waals surface area contributed by atoms with Crippen LogP contribution in [0.25, 0.3) is 0 Å². The summed E-state index contributed by atoms with van der Waals surface area (Å²) < 4.78 is 6.10. The number of hydrogen-bond acceptors (Lipinski definition) is 2. The van der Waals surface area contributed by atoms with Gasteiger partial charge in [-0.2, -0.15) is 0 Å². The zero-order valence-corrected chi connectivity index (χ0v) is 13.9. The maximum Gasteiger partial charge on any atom is 0.251 e. The van der Waals surface area contributed by atoms with Gasteiger partial charge in [-0.3, -0.25) is 4.79 Å². The van der Waals surface area contributed by atoms with Crippen molar-refractivity contribution in [1.82, 2.24) is 5.32 Å². The highest BCUT2D eigenvalue weighted by Crippen LogP contribution is 2.23. The molecular weight excluding hydrogens is 330 g/mol. The van der Waals surface area contributed by atoms with Gasteiger partial charge in [0.15, 0.2) is 0 Å². The normalized spacial score (nSPS) is 11.0. The Morgan fingerprint density at radius 3 is 2.14 bits per heavy atom. The second-order valence-electron chi connectivity index (χ2n) is 5.31. The van der Waals surface area contributed by atoms with E-state index in [0.29, 0.717) is 5.56 Å². The van der Waals surface area contributed by atoms with E-state index in [1.165, 1.54) is 0 Å². The van der Waals surface area contributed by atoms with Crippen LogP contribution in [0.15, 0.2) is 53.0 Å². The minimum Gasteiger partial charge on any atom is -0.497 e. The number of halogens is 1. The van der Waals surface area contributed by atoms with Gasteiger partial charge in [-0.1, -0.05) is 28.1 Å². The molecule has 21 heavy (non-hydrogen) atoms. The van der Waals surface area contributed by atoms with Crippen LogP contribution in [0.1, 0.15) is 29.8 Å². The Balaban J connectivity index is 2.15. The predicted molar refractivity (Wildman–Crippen MR) is 87.6 cm³/mol. The average molecular weight is 348 g/mol. The summed E-state index contributed by atoms with van der Waals surface area (Å²) in [5, 5.41) is 3.05. The number of ether oxygens (including phenoxy) is 1. The molecule has 1 amide bonds. The van der Waals surface area contributed by atoms with Gasteiger partial charge >= 0.3 is 0 Å². The second-order valence-corrected chi connectivity index (χ2v) is 6.23. The highest BCUT2D eigenvalue weighted by atomic mass is 79.9. The Morgan fingerprint density at radius 1 is 1.05 bits per heavy atom. The van der Waals surface area contributed by atoms with Gasteiger partial charge in [0.05, 0.1) is 12.6 Å². The van der Waals surface area contributed by atoms with E-state index in [4.69, 9.17) is 4.74 Å². The average Bonchev–Trinajstić information content (AvgIpc) is 2.47. The number of carbonyl (C=O) groups excluding carboxylic acids is 1. The summed E-state index contributed by atoms with van der Waals surface area (Å²) in [6.07, 6.45) is 0. The SMILES string of the molecule is COc1ccc(C(C)(C)NC(=O)c2ccc(Br)cc2)cc1. The van der Waals surface area contributed by atoms with Gasteiger partial charge in [0.1, 0.15) is 5.75 Å². The molecule has 0 aliphatic heterocycles. The van der Waals surface area contributed by atoms with Crippen LogP contribution < -0.4 is 10.1 Å². The zero-order valence-electron chi connectivity index (χ0n) is 12.3. The Hall–Kier alpha value is -1.81. The summed E-state index contributed by atoms with van der Waals surface area (Å²) in [6, 6.07) is 15.0. The third-order valence-corrected chi connectivity index (χ3v) is 3.87. The first-order chi connectivity index (χ1) is 9.92. The number of nitrogens with one attached hydrogen (secondary N) is 1. The molecule has 2 aromatic carbocycles. The lowest BCUT2D eigenvalue weighted by molar-refractivity contribution is 0.0912. The van der Waals surface area contributed by atoms with Crippen molar-refractivity contribution in [3.63, 3.8) is 0 Å². The minimum atomic E-state index is -0.462. The molecule has 0 bridgehead atoms. The van der Waals surface area contributed by atoms with Gasteiger partial charge in [-0.25, -0.2) is 0 Å².